The standard InChI is InChI=1S/2C18H16F5NO.2C7H7.Zr/c2*1-18(2,3)10-6-8(5-9(7-24-4)17(10)25)11-12(19)14(21)16(23)15(22)13(11)20;2*1-7-5-3-2-4-6-7;/h2*5-7,25H,1-4H3;2*2-6H,1H2;/q;;2*-1;+2. The summed E-state index contributed by atoms with van der Waals surface area (Å²) < 4.78 is 137. The van der Waals surface area contributed by atoms with Gasteiger partial charge in [0.1, 0.15) is 11.5 Å². The van der Waals surface area contributed by atoms with Crippen molar-refractivity contribution in [3.05, 3.63) is 190 Å². The fourth-order valence-electron chi connectivity index (χ4n) is 5.89. The van der Waals surface area contributed by atoms with Crippen molar-refractivity contribution >= 4 is 12.4 Å². The normalized spacial score (nSPS) is 11.2. The van der Waals surface area contributed by atoms with Gasteiger partial charge in [0.05, 0.1) is 11.1 Å². The number of phenolic OH excluding ortho intramolecular Hbond substituents is 2. The van der Waals surface area contributed by atoms with E-state index in [0.29, 0.717) is 0 Å². The van der Waals surface area contributed by atoms with Gasteiger partial charge >= 0.3 is 26.2 Å². The number of aliphatic imine (C=N–C) groups is 2. The summed E-state index contributed by atoms with van der Waals surface area (Å²) in [5, 5.41) is 20.7. The molecule has 342 valence electrons. The molecule has 0 saturated carbocycles. The molecule has 0 unspecified atom stereocenters. The van der Waals surface area contributed by atoms with E-state index < -0.39 is 80.1 Å². The molecule has 2 N–H and O–H groups in total. The Morgan fingerprint density at radius 3 is 0.877 bits per heavy atom. The van der Waals surface area contributed by atoms with Gasteiger partial charge in [-0.15, -0.1) is 24.3 Å². The summed E-state index contributed by atoms with van der Waals surface area (Å²) in [4.78, 5) is 7.48. The Balaban J connectivity index is 0.000000339. The van der Waals surface area contributed by atoms with Crippen LogP contribution in [0.3, 0.4) is 0 Å². The number of hydrogen-bond acceptors (Lipinski definition) is 4. The van der Waals surface area contributed by atoms with Crippen LogP contribution in [0, 0.1) is 72.0 Å². The topological polar surface area (TPSA) is 65.2 Å². The minimum Gasteiger partial charge on any atom is -0.507 e. The molecule has 6 aromatic carbocycles. The first kappa shape index (κ1) is 55.3. The molecular weight excluding hydrogens is 942 g/mol. The van der Waals surface area contributed by atoms with E-state index in [4.69, 9.17) is 0 Å². The van der Waals surface area contributed by atoms with Gasteiger partial charge in [0.2, 0.25) is 11.6 Å². The molecule has 0 fully saturated rings. The zero-order chi connectivity index (χ0) is 48.4. The number of benzene rings is 6. The van der Waals surface area contributed by atoms with Crippen LogP contribution in [-0.4, -0.2) is 36.7 Å². The fourth-order valence-corrected chi connectivity index (χ4v) is 5.89. The van der Waals surface area contributed by atoms with Gasteiger partial charge in [-0.2, -0.15) is 49.2 Å². The molecule has 0 saturated heterocycles. The molecule has 6 aromatic rings. The summed E-state index contributed by atoms with van der Waals surface area (Å²) in [6.07, 6.45) is 2.47. The summed E-state index contributed by atoms with van der Waals surface area (Å²) in [6.45, 7) is 17.8. The zero-order valence-corrected chi connectivity index (χ0v) is 39.2. The molecule has 0 bridgehead atoms. The number of phenols is 2. The van der Waals surface area contributed by atoms with E-state index in [1.165, 1.54) is 38.7 Å². The van der Waals surface area contributed by atoms with Crippen molar-refractivity contribution in [1.29, 1.82) is 0 Å². The summed E-state index contributed by atoms with van der Waals surface area (Å²) in [5.74, 6) is -20.6. The van der Waals surface area contributed by atoms with Gasteiger partial charge in [0.15, 0.2) is 46.5 Å². The average molecular weight is 988 g/mol. The van der Waals surface area contributed by atoms with Crippen LogP contribution in [0.4, 0.5) is 43.9 Å². The van der Waals surface area contributed by atoms with Crippen LogP contribution in [0.25, 0.3) is 22.3 Å². The second-order valence-electron chi connectivity index (χ2n) is 16.1. The van der Waals surface area contributed by atoms with Gasteiger partial charge in [-0.1, -0.05) is 53.7 Å². The second kappa shape index (κ2) is 23.4. The van der Waals surface area contributed by atoms with Crippen LogP contribution in [0.15, 0.2) is 94.9 Å². The molecule has 0 aliphatic carbocycles. The molecule has 15 heteroatoms. The van der Waals surface area contributed by atoms with Gasteiger partial charge in [-0.05, 0) is 46.2 Å². The van der Waals surface area contributed by atoms with Gasteiger partial charge < -0.3 is 10.2 Å². The van der Waals surface area contributed by atoms with E-state index >= 15 is 0 Å². The Hall–Kier alpha value is -5.82. The smallest absolute Gasteiger partial charge is 0.507 e. The van der Waals surface area contributed by atoms with Crippen LogP contribution in [0.2, 0.25) is 0 Å². The minimum atomic E-state index is -2.22. The molecule has 6 rings (SSSR count). The largest absolute Gasteiger partial charge is 2.00 e. The molecule has 0 aliphatic rings. The molecule has 0 atom stereocenters. The molecule has 0 aromatic heterocycles. The first-order chi connectivity index (χ1) is 29.8. The first-order valence-electron chi connectivity index (χ1n) is 19.2. The van der Waals surface area contributed by atoms with Crippen molar-refractivity contribution in [3.8, 4) is 33.8 Å². The Bertz CT molecular complexity index is 2400. The van der Waals surface area contributed by atoms with E-state index in [9.17, 15) is 54.1 Å². The van der Waals surface area contributed by atoms with E-state index in [1.807, 2.05) is 60.7 Å². The summed E-state index contributed by atoms with van der Waals surface area (Å²) in [6, 6.07) is 24.4. The van der Waals surface area contributed by atoms with Crippen LogP contribution in [0.5, 0.6) is 11.5 Å². The van der Waals surface area contributed by atoms with E-state index in [-0.39, 0.29) is 71.1 Å². The van der Waals surface area contributed by atoms with Crippen LogP contribution < -0.4 is 0 Å². The summed E-state index contributed by atoms with van der Waals surface area (Å²) in [7, 11) is 2.84. The predicted octanol–water partition coefficient (Wildman–Crippen LogP) is 13.9. The molecule has 4 nitrogen and oxygen atoms in total. The Morgan fingerprint density at radius 1 is 0.431 bits per heavy atom. The van der Waals surface area contributed by atoms with Crippen molar-refractivity contribution < 1.29 is 80.3 Å². The monoisotopic (exact) mass is 986 g/mol. The van der Waals surface area contributed by atoms with Crippen molar-refractivity contribution in [2.45, 2.75) is 52.4 Å². The Morgan fingerprint density at radius 2 is 0.677 bits per heavy atom. The minimum absolute atomic E-state index is 0. The van der Waals surface area contributed by atoms with Crippen LogP contribution >= 0.6 is 0 Å². The Labute approximate surface area is 391 Å². The third-order valence-electron chi connectivity index (χ3n) is 9.11. The van der Waals surface area contributed by atoms with Crippen molar-refractivity contribution in [3.63, 3.8) is 0 Å². The molecule has 0 aliphatic heterocycles. The molecule has 0 radical (unpaired) electrons. The fraction of sp³-hybridized carbons (Fsp3) is 0.200. The Kier molecular flexibility index (Phi) is 19.9. The second-order valence-corrected chi connectivity index (χ2v) is 16.1. The maximum atomic E-state index is 14.1. The van der Waals surface area contributed by atoms with Gasteiger partial charge in [0, 0.05) is 48.8 Å². The van der Waals surface area contributed by atoms with Crippen LogP contribution in [0.1, 0.15) is 74.9 Å². The maximum absolute atomic E-state index is 14.1. The van der Waals surface area contributed by atoms with Gasteiger partial charge in [-0.3, -0.25) is 9.98 Å². The number of nitrogens with zero attached hydrogens (tertiary/aromatic N) is 2. The van der Waals surface area contributed by atoms with Crippen molar-refractivity contribution in [2.75, 3.05) is 14.1 Å². The van der Waals surface area contributed by atoms with Crippen LogP contribution in [-0.2, 0) is 37.0 Å². The zero-order valence-electron chi connectivity index (χ0n) is 36.7. The van der Waals surface area contributed by atoms with E-state index in [2.05, 4.69) is 23.8 Å². The van der Waals surface area contributed by atoms with Crippen molar-refractivity contribution in [2.24, 2.45) is 9.98 Å². The average Bonchev–Trinajstić information content (AvgIpc) is 3.23. The summed E-state index contributed by atoms with van der Waals surface area (Å²) >= 11 is 0. The number of hydrogen-bond donors (Lipinski definition) is 2. The predicted molar refractivity (Wildman–Crippen MR) is 233 cm³/mol. The third kappa shape index (κ3) is 13.6. The van der Waals surface area contributed by atoms with Gasteiger partial charge in [0.25, 0.3) is 0 Å². The third-order valence-corrected chi connectivity index (χ3v) is 9.11. The SMILES string of the molecule is CN=Cc1cc(-c2c(F)c(F)c(F)c(F)c2F)cc(C(C)(C)C)c1O.CN=Cc1cc(-c2c(F)c(F)c(F)c(F)c2F)cc(C(C)(C)C)c1O.[CH2-]c1ccccc1.[CH2-]c1ccccc1.[Zr+2]. The molecule has 65 heavy (non-hydrogen) atoms. The molecule has 0 amide bonds. The van der Waals surface area contributed by atoms with Gasteiger partial charge in [-0.25, -0.2) is 43.9 Å². The maximum Gasteiger partial charge on any atom is 2.00 e. The number of rotatable bonds is 4. The quantitative estimate of drug-likeness (QED) is 0.0608. The molecule has 0 heterocycles. The molecule has 0 spiro atoms. The number of halogens is 10. The first-order valence-corrected chi connectivity index (χ1v) is 19.2. The summed E-state index contributed by atoms with van der Waals surface area (Å²) in [5.41, 5.74) is -0.974. The number of aromatic hydroxyl groups is 2. The molecular formula is C50H46F10N2O2Zr. The van der Waals surface area contributed by atoms with E-state index in [0.717, 1.165) is 23.3 Å². The van der Waals surface area contributed by atoms with Crippen molar-refractivity contribution in [1.82, 2.24) is 0 Å². The van der Waals surface area contributed by atoms with E-state index in [1.54, 1.807) is 41.5 Å².